The summed E-state index contributed by atoms with van der Waals surface area (Å²) in [5.74, 6) is 0.512. The van der Waals surface area contributed by atoms with Crippen molar-refractivity contribution >= 4 is 27.9 Å². The van der Waals surface area contributed by atoms with Crippen LogP contribution in [-0.4, -0.2) is 32.9 Å². The second-order valence-corrected chi connectivity index (χ2v) is 6.02. The number of anilines is 1. The molecule has 20 heavy (non-hydrogen) atoms. The van der Waals surface area contributed by atoms with E-state index in [-0.39, 0.29) is 22.8 Å². The lowest BCUT2D eigenvalue weighted by Gasteiger charge is -2.40. The highest BCUT2D eigenvalue weighted by atomic mass is 32.1. The number of nitrogens with two attached hydrogens (primary N) is 1. The van der Waals surface area contributed by atoms with Crippen molar-refractivity contribution in [3.63, 3.8) is 0 Å². The van der Waals surface area contributed by atoms with Gasteiger partial charge in [0.2, 0.25) is 5.82 Å². The molecule has 8 heteroatoms. The first-order valence-electron chi connectivity index (χ1n) is 6.71. The van der Waals surface area contributed by atoms with E-state index in [9.17, 15) is 10.1 Å². The summed E-state index contributed by atoms with van der Waals surface area (Å²) >= 11 is 1.40. The van der Waals surface area contributed by atoms with Crippen molar-refractivity contribution in [3.05, 3.63) is 21.7 Å². The number of piperidine rings is 1. The standard InChI is InChI=1S/C12H17N5O2S/c1-8-3-2-4-9(7-13)16(8)10-11(17(18)19)15-5-6-20-12(15)14-10/h5-6,8-9H,2-4,7,13H2,1H3. The molecule has 1 aliphatic heterocycles. The maximum absolute atomic E-state index is 11.4. The Morgan fingerprint density at radius 1 is 1.60 bits per heavy atom. The number of nitro groups is 1. The number of nitrogens with zero attached hydrogens (tertiary/aromatic N) is 4. The molecule has 0 amide bonds. The van der Waals surface area contributed by atoms with Crippen LogP contribution in [0.15, 0.2) is 11.6 Å². The highest BCUT2D eigenvalue weighted by Crippen LogP contribution is 2.36. The quantitative estimate of drug-likeness (QED) is 0.691. The van der Waals surface area contributed by atoms with Gasteiger partial charge in [-0.3, -0.25) is 0 Å². The summed E-state index contributed by atoms with van der Waals surface area (Å²) in [6.45, 7) is 2.58. The minimum atomic E-state index is -0.350. The minimum absolute atomic E-state index is 0.0495. The van der Waals surface area contributed by atoms with E-state index >= 15 is 0 Å². The fourth-order valence-electron chi connectivity index (χ4n) is 3.01. The summed E-state index contributed by atoms with van der Waals surface area (Å²) in [5.41, 5.74) is 5.85. The van der Waals surface area contributed by atoms with E-state index in [2.05, 4.69) is 11.9 Å². The Bertz CT molecular complexity index is 637. The predicted molar refractivity (Wildman–Crippen MR) is 78.4 cm³/mol. The fourth-order valence-corrected chi connectivity index (χ4v) is 3.71. The lowest BCUT2D eigenvalue weighted by molar-refractivity contribution is -0.389. The fraction of sp³-hybridized carbons (Fsp3) is 0.583. The van der Waals surface area contributed by atoms with Gasteiger partial charge in [-0.25, -0.2) is 0 Å². The summed E-state index contributed by atoms with van der Waals surface area (Å²) in [6.07, 6.45) is 4.78. The zero-order valence-electron chi connectivity index (χ0n) is 11.2. The van der Waals surface area contributed by atoms with Gasteiger partial charge < -0.3 is 20.7 Å². The third-order valence-electron chi connectivity index (χ3n) is 3.94. The van der Waals surface area contributed by atoms with Crippen molar-refractivity contribution in [1.82, 2.24) is 9.38 Å². The van der Waals surface area contributed by atoms with E-state index in [1.807, 2.05) is 4.90 Å². The second kappa shape index (κ2) is 5.02. The SMILES string of the molecule is CC1CCCC(CN)N1c1nc2sccn2c1[N+](=O)[O-]. The van der Waals surface area contributed by atoms with Crippen molar-refractivity contribution < 1.29 is 4.92 Å². The van der Waals surface area contributed by atoms with Crippen molar-refractivity contribution in [2.45, 2.75) is 38.3 Å². The molecule has 0 aliphatic carbocycles. The Labute approximate surface area is 120 Å². The van der Waals surface area contributed by atoms with Gasteiger partial charge in [0, 0.05) is 24.0 Å². The van der Waals surface area contributed by atoms with Gasteiger partial charge in [0.05, 0.1) is 0 Å². The number of hydrogen-bond donors (Lipinski definition) is 1. The first-order valence-corrected chi connectivity index (χ1v) is 7.59. The lowest BCUT2D eigenvalue weighted by Crippen LogP contribution is -2.49. The molecule has 2 aromatic heterocycles. The zero-order valence-corrected chi connectivity index (χ0v) is 12.0. The summed E-state index contributed by atoms with van der Waals surface area (Å²) in [6, 6.07) is 0.350. The van der Waals surface area contributed by atoms with Crippen LogP contribution in [0.5, 0.6) is 0 Å². The van der Waals surface area contributed by atoms with Crippen molar-refractivity contribution in [1.29, 1.82) is 0 Å². The van der Waals surface area contributed by atoms with Crippen LogP contribution in [0, 0.1) is 10.1 Å². The molecular weight excluding hydrogens is 278 g/mol. The molecule has 3 heterocycles. The number of hydrogen-bond acceptors (Lipinski definition) is 6. The van der Waals surface area contributed by atoms with E-state index in [4.69, 9.17) is 5.73 Å². The maximum Gasteiger partial charge on any atom is 0.373 e. The Morgan fingerprint density at radius 3 is 3.10 bits per heavy atom. The topological polar surface area (TPSA) is 89.7 Å². The second-order valence-electron chi connectivity index (χ2n) is 5.15. The highest BCUT2D eigenvalue weighted by molar-refractivity contribution is 7.15. The van der Waals surface area contributed by atoms with Crippen molar-refractivity contribution in [2.75, 3.05) is 11.4 Å². The van der Waals surface area contributed by atoms with Gasteiger partial charge in [-0.2, -0.15) is 9.38 Å². The average molecular weight is 295 g/mol. The van der Waals surface area contributed by atoms with Crippen LogP contribution >= 0.6 is 11.3 Å². The molecule has 3 rings (SSSR count). The smallest absolute Gasteiger partial charge is 0.358 e. The van der Waals surface area contributed by atoms with Crippen LogP contribution in [0.1, 0.15) is 26.2 Å². The molecule has 0 saturated carbocycles. The Balaban J connectivity index is 2.14. The molecule has 1 saturated heterocycles. The summed E-state index contributed by atoms with van der Waals surface area (Å²) < 4.78 is 1.55. The average Bonchev–Trinajstić information content (AvgIpc) is 2.97. The first-order chi connectivity index (χ1) is 9.63. The van der Waals surface area contributed by atoms with Gasteiger partial charge in [0.1, 0.15) is 6.20 Å². The van der Waals surface area contributed by atoms with Gasteiger partial charge >= 0.3 is 5.82 Å². The van der Waals surface area contributed by atoms with Gasteiger partial charge in [0.15, 0.2) is 0 Å². The number of fused-ring (bicyclic) bond motifs is 1. The largest absolute Gasteiger partial charge is 0.373 e. The Morgan fingerprint density at radius 2 is 2.40 bits per heavy atom. The molecule has 2 unspecified atom stereocenters. The molecule has 0 spiro atoms. The number of rotatable bonds is 3. The van der Waals surface area contributed by atoms with E-state index in [0.717, 1.165) is 19.3 Å². The number of thiazole rings is 1. The summed E-state index contributed by atoms with van der Waals surface area (Å²) in [7, 11) is 0. The van der Waals surface area contributed by atoms with E-state index in [0.29, 0.717) is 17.3 Å². The zero-order chi connectivity index (χ0) is 14.3. The van der Waals surface area contributed by atoms with Gasteiger partial charge in [-0.05, 0) is 31.1 Å². The first kappa shape index (κ1) is 13.3. The molecule has 7 nitrogen and oxygen atoms in total. The van der Waals surface area contributed by atoms with E-state index in [1.165, 1.54) is 11.3 Å². The van der Waals surface area contributed by atoms with Crippen LogP contribution < -0.4 is 10.6 Å². The van der Waals surface area contributed by atoms with Gasteiger partial charge in [0.25, 0.3) is 4.96 Å². The molecule has 1 aliphatic rings. The molecular formula is C12H17N5O2S. The monoisotopic (exact) mass is 295 g/mol. The molecule has 0 radical (unpaired) electrons. The maximum atomic E-state index is 11.4. The third kappa shape index (κ3) is 1.95. The Hall–Kier alpha value is -1.67. The molecule has 2 aromatic rings. The number of imidazole rings is 1. The molecule has 2 N–H and O–H groups in total. The Kier molecular flexibility index (Phi) is 3.35. The third-order valence-corrected chi connectivity index (χ3v) is 4.69. The van der Waals surface area contributed by atoms with Gasteiger partial charge in [-0.15, -0.1) is 0 Å². The van der Waals surface area contributed by atoms with Crippen molar-refractivity contribution in [2.24, 2.45) is 5.73 Å². The molecule has 108 valence electrons. The van der Waals surface area contributed by atoms with E-state index in [1.54, 1.807) is 16.0 Å². The minimum Gasteiger partial charge on any atom is -0.358 e. The molecule has 0 aromatic carbocycles. The van der Waals surface area contributed by atoms with Gasteiger partial charge in [-0.1, -0.05) is 11.3 Å². The lowest BCUT2D eigenvalue weighted by atomic mass is 9.96. The van der Waals surface area contributed by atoms with Crippen LogP contribution in [0.3, 0.4) is 0 Å². The summed E-state index contributed by atoms with van der Waals surface area (Å²) in [4.78, 5) is 18.3. The summed E-state index contributed by atoms with van der Waals surface area (Å²) in [5, 5.41) is 13.2. The molecule has 1 fully saturated rings. The van der Waals surface area contributed by atoms with Crippen molar-refractivity contribution in [3.8, 4) is 0 Å². The highest BCUT2D eigenvalue weighted by Gasteiger charge is 2.35. The van der Waals surface area contributed by atoms with Crippen LogP contribution in [0.2, 0.25) is 0 Å². The molecule has 2 atom stereocenters. The van der Waals surface area contributed by atoms with Crippen LogP contribution in [-0.2, 0) is 0 Å². The van der Waals surface area contributed by atoms with Crippen LogP contribution in [0.25, 0.3) is 4.96 Å². The van der Waals surface area contributed by atoms with E-state index < -0.39 is 0 Å². The predicted octanol–water partition coefficient (Wildman–Crippen LogP) is 2.01. The van der Waals surface area contributed by atoms with Crippen LogP contribution in [0.4, 0.5) is 11.6 Å². The molecule has 0 bridgehead atoms. The normalized spacial score (nSPS) is 23.4. The number of aromatic nitrogens is 2.